The van der Waals surface area contributed by atoms with Gasteiger partial charge in [-0.05, 0) is 67.9 Å². The fraction of sp³-hybridized carbons (Fsp3) is 0.333. The highest BCUT2D eigenvalue weighted by molar-refractivity contribution is 5.94. The molecule has 0 unspecified atom stereocenters. The number of halogens is 1. The highest BCUT2D eigenvalue weighted by Gasteiger charge is 2.26. The Labute approximate surface area is 176 Å². The smallest absolute Gasteiger partial charge is 0.272 e. The molecule has 4 rings (SSSR count). The van der Waals surface area contributed by atoms with Crippen molar-refractivity contribution in [2.75, 3.05) is 32.7 Å². The van der Waals surface area contributed by atoms with Crippen molar-refractivity contribution in [3.8, 4) is 16.9 Å². The summed E-state index contributed by atoms with van der Waals surface area (Å²) in [5, 5.41) is 4.73. The third-order valence-electron chi connectivity index (χ3n) is 5.91. The van der Waals surface area contributed by atoms with Gasteiger partial charge < -0.3 is 9.80 Å². The summed E-state index contributed by atoms with van der Waals surface area (Å²) in [5.74, 6) is -0.360. The lowest BCUT2D eigenvalue weighted by atomic mass is 10.0. The summed E-state index contributed by atoms with van der Waals surface area (Å²) in [6.07, 6.45) is 0. The summed E-state index contributed by atoms with van der Waals surface area (Å²) in [5.41, 5.74) is 5.25. The minimum atomic E-state index is -0.316. The van der Waals surface area contributed by atoms with Crippen LogP contribution in [0.5, 0.6) is 0 Å². The van der Waals surface area contributed by atoms with Crippen LogP contribution in [0.15, 0.2) is 48.5 Å². The Morgan fingerprint density at radius 1 is 0.967 bits per heavy atom. The number of likely N-dealkylation sites (N-methyl/N-ethyl adjacent to an activating group) is 1. The predicted octanol–water partition coefficient (Wildman–Crippen LogP) is 4.07. The molecule has 1 aromatic heterocycles. The van der Waals surface area contributed by atoms with E-state index in [0.717, 1.165) is 30.9 Å². The third-order valence-corrected chi connectivity index (χ3v) is 5.91. The van der Waals surface area contributed by atoms with Crippen molar-refractivity contribution < 1.29 is 9.18 Å². The molecule has 0 spiro atoms. The van der Waals surface area contributed by atoms with E-state index in [0.29, 0.717) is 24.5 Å². The lowest BCUT2D eigenvalue weighted by Gasteiger charge is -2.34. The van der Waals surface area contributed by atoms with Crippen LogP contribution < -0.4 is 0 Å². The second-order valence-electron chi connectivity index (χ2n) is 7.83. The minimum Gasteiger partial charge on any atom is -0.335 e. The second kappa shape index (κ2) is 8.40. The van der Waals surface area contributed by atoms with Gasteiger partial charge in [-0.15, -0.1) is 0 Å². The van der Waals surface area contributed by atoms with Crippen LogP contribution in [0.1, 0.15) is 28.5 Å². The zero-order valence-corrected chi connectivity index (χ0v) is 17.7. The number of benzene rings is 2. The molecule has 30 heavy (non-hydrogen) atoms. The standard InChI is InChI=1S/C24H27FN4O/c1-4-27-11-13-28(14-12-27)24(30)23-16-22(19-6-5-17(2)18(3)15-19)26-29(23)21-9-7-20(25)8-10-21/h5-10,15-16H,4,11-14H2,1-3H3. The summed E-state index contributed by atoms with van der Waals surface area (Å²) in [4.78, 5) is 17.6. The molecule has 0 N–H and O–H groups in total. The first-order chi connectivity index (χ1) is 14.5. The van der Waals surface area contributed by atoms with E-state index in [9.17, 15) is 9.18 Å². The summed E-state index contributed by atoms with van der Waals surface area (Å²) in [6.45, 7) is 10.4. The van der Waals surface area contributed by atoms with Crippen LogP contribution >= 0.6 is 0 Å². The average molecular weight is 407 g/mol. The molecule has 0 bridgehead atoms. The van der Waals surface area contributed by atoms with Gasteiger partial charge in [-0.25, -0.2) is 9.07 Å². The Balaban J connectivity index is 1.73. The quantitative estimate of drug-likeness (QED) is 0.656. The van der Waals surface area contributed by atoms with Crippen LogP contribution in [0.4, 0.5) is 4.39 Å². The normalized spacial score (nSPS) is 14.9. The fourth-order valence-electron chi connectivity index (χ4n) is 3.78. The lowest BCUT2D eigenvalue weighted by Crippen LogP contribution is -2.48. The third kappa shape index (κ3) is 4.00. The van der Waals surface area contributed by atoms with Crippen molar-refractivity contribution in [1.82, 2.24) is 19.6 Å². The highest BCUT2D eigenvalue weighted by atomic mass is 19.1. The Hall–Kier alpha value is -2.99. The molecule has 0 radical (unpaired) electrons. The van der Waals surface area contributed by atoms with E-state index in [-0.39, 0.29) is 11.7 Å². The topological polar surface area (TPSA) is 41.4 Å². The molecule has 1 saturated heterocycles. The van der Waals surface area contributed by atoms with Crippen molar-refractivity contribution in [3.63, 3.8) is 0 Å². The molecule has 1 amide bonds. The van der Waals surface area contributed by atoms with Crippen LogP contribution in [0.25, 0.3) is 16.9 Å². The average Bonchev–Trinajstić information content (AvgIpc) is 3.21. The van der Waals surface area contributed by atoms with Gasteiger partial charge in [0.1, 0.15) is 11.5 Å². The van der Waals surface area contributed by atoms with Crippen LogP contribution in [0, 0.1) is 19.7 Å². The SMILES string of the molecule is CCN1CCN(C(=O)c2cc(-c3ccc(C)c(C)c3)nn2-c2ccc(F)cc2)CC1. The van der Waals surface area contributed by atoms with Crippen molar-refractivity contribution in [2.45, 2.75) is 20.8 Å². The van der Waals surface area contributed by atoms with E-state index in [1.165, 1.54) is 23.3 Å². The van der Waals surface area contributed by atoms with E-state index in [1.54, 1.807) is 16.8 Å². The molecule has 5 nitrogen and oxygen atoms in total. The van der Waals surface area contributed by atoms with Gasteiger partial charge >= 0.3 is 0 Å². The van der Waals surface area contributed by atoms with E-state index in [1.807, 2.05) is 17.0 Å². The first kappa shape index (κ1) is 20.3. The number of aromatic nitrogens is 2. The van der Waals surface area contributed by atoms with Gasteiger partial charge in [0.2, 0.25) is 0 Å². The maximum absolute atomic E-state index is 13.5. The number of hydrogen-bond donors (Lipinski definition) is 0. The molecule has 0 saturated carbocycles. The maximum Gasteiger partial charge on any atom is 0.272 e. The van der Waals surface area contributed by atoms with Crippen molar-refractivity contribution in [1.29, 1.82) is 0 Å². The van der Waals surface area contributed by atoms with Gasteiger partial charge in [-0.1, -0.05) is 19.1 Å². The predicted molar refractivity (Wildman–Crippen MR) is 116 cm³/mol. The maximum atomic E-state index is 13.5. The van der Waals surface area contributed by atoms with Crippen LogP contribution in [0.2, 0.25) is 0 Å². The zero-order chi connectivity index (χ0) is 21.3. The molecule has 156 valence electrons. The summed E-state index contributed by atoms with van der Waals surface area (Å²) < 4.78 is 15.1. The lowest BCUT2D eigenvalue weighted by molar-refractivity contribution is 0.0634. The Bertz CT molecular complexity index is 1050. The number of nitrogens with zero attached hydrogens (tertiary/aromatic N) is 4. The van der Waals surface area contributed by atoms with E-state index in [4.69, 9.17) is 5.10 Å². The van der Waals surface area contributed by atoms with E-state index in [2.05, 4.69) is 37.8 Å². The first-order valence-electron chi connectivity index (χ1n) is 10.4. The second-order valence-corrected chi connectivity index (χ2v) is 7.83. The molecule has 1 aliphatic heterocycles. The molecule has 0 aliphatic carbocycles. The molecule has 2 heterocycles. The molecule has 2 aromatic carbocycles. The molecule has 0 atom stereocenters. The molecular weight excluding hydrogens is 379 g/mol. The summed E-state index contributed by atoms with van der Waals surface area (Å²) in [7, 11) is 0. The largest absolute Gasteiger partial charge is 0.335 e. The van der Waals surface area contributed by atoms with Crippen LogP contribution in [-0.2, 0) is 0 Å². The number of piperazine rings is 1. The number of amides is 1. The first-order valence-corrected chi connectivity index (χ1v) is 10.4. The van der Waals surface area contributed by atoms with Crippen molar-refractivity contribution in [3.05, 3.63) is 71.2 Å². The van der Waals surface area contributed by atoms with Crippen LogP contribution in [-0.4, -0.2) is 58.2 Å². The van der Waals surface area contributed by atoms with E-state index >= 15 is 0 Å². The number of carbonyl (C=O) groups excluding carboxylic acids is 1. The van der Waals surface area contributed by atoms with Crippen molar-refractivity contribution in [2.24, 2.45) is 0 Å². The molecule has 1 fully saturated rings. The number of rotatable bonds is 4. The number of aryl methyl sites for hydroxylation is 2. The number of carbonyl (C=O) groups is 1. The van der Waals surface area contributed by atoms with Gasteiger partial charge in [-0.2, -0.15) is 5.10 Å². The van der Waals surface area contributed by atoms with Crippen molar-refractivity contribution >= 4 is 5.91 Å². The summed E-state index contributed by atoms with van der Waals surface area (Å²) in [6, 6.07) is 14.1. The van der Waals surface area contributed by atoms with Crippen LogP contribution in [0.3, 0.4) is 0 Å². The monoisotopic (exact) mass is 406 g/mol. The van der Waals surface area contributed by atoms with Gasteiger partial charge in [0.15, 0.2) is 0 Å². The molecular formula is C24H27FN4O. The van der Waals surface area contributed by atoms with Gasteiger partial charge in [-0.3, -0.25) is 4.79 Å². The van der Waals surface area contributed by atoms with Gasteiger partial charge in [0.05, 0.1) is 11.4 Å². The Morgan fingerprint density at radius 3 is 2.30 bits per heavy atom. The fourth-order valence-corrected chi connectivity index (χ4v) is 3.78. The Kier molecular flexibility index (Phi) is 5.68. The molecule has 6 heteroatoms. The number of hydrogen-bond acceptors (Lipinski definition) is 3. The zero-order valence-electron chi connectivity index (χ0n) is 17.7. The van der Waals surface area contributed by atoms with E-state index < -0.39 is 0 Å². The summed E-state index contributed by atoms with van der Waals surface area (Å²) >= 11 is 0. The van der Waals surface area contributed by atoms with Gasteiger partial charge in [0.25, 0.3) is 5.91 Å². The minimum absolute atomic E-state index is 0.0438. The molecule has 3 aromatic rings. The molecule has 1 aliphatic rings. The Morgan fingerprint density at radius 2 is 1.67 bits per heavy atom. The van der Waals surface area contributed by atoms with Gasteiger partial charge in [0, 0.05) is 31.7 Å². The highest BCUT2D eigenvalue weighted by Crippen LogP contribution is 2.25.